The van der Waals surface area contributed by atoms with Crippen LogP contribution >= 0.6 is 11.3 Å². The third-order valence-corrected chi connectivity index (χ3v) is 6.81. The second-order valence-electron chi connectivity index (χ2n) is 6.79. The van der Waals surface area contributed by atoms with Crippen molar-refractivity contribution in [2.24, 2.45) is 4.99 Å². The molecule has 0 saturated heterocycles. The summed E-state index contributed by atoms with van der Waals surface area (Å²) in [5.74, 6) is 0.836. The molecule has 0 spiro atoms. The van der Waals surface area contributed by atoms with Crippen molar-refractivity contribution in [2.45, 2.75) is 17.9 Å². The van der Waals surface area contributed by atoms with Gasteiger partial charge in [-0.3, -0.25) is 4.79 Å². The van der Waals surface area contributed by atoms with Crippen LogP contribution < -0.4 is 14.3 Å². The summed E-state index contributed by atoms with van der Waals surface area (Å²) >= 11 is 1.26. The number of methoxy groups -OCH3 is 3. The van der Waals surface area contributed by atoms with E-state index in [1.165, 1.54) is 18.4 Å². The second-order valence-corrected chi connectivity index (χ2v) is 9.82. The topological polar surface area (TPSA) is 96.2 Å². The van der Waals surface area contributed by atoms with E-state index in [0.29, 0.717) is 35.0 Å². The number of fused-ring (bicyclic) bond motifs is 1. The first-order valence-electron chi connectivity index (χ1n) is 9.37. The first kappa shape index (κ1) is 23.0. The highest BCUT2D eigenvalue weighted by Gasteiger charge is 2.14. The second kappa shape index (κ2) is 9.63. The zero-order chi connectivity index (χ0) is 22.6. The molecule has 0 unspecified atom stereocenters. The first-order valence-corrected chi connectivity index (χ1v) is 12.1. The molecule has 0 saturated carbocycles. The maximum atomic E-state index is 12.7. The summed E-state index contributed by atoms with van der Waals surface area (Å²) in [6.07, 6.45) is 1.22. The lowest BCUT2D eigenvalue weighted by atomic mass is 10.1. The van der Waals surface area contributed by atoms with Crippen molar-refractivity contribution < 1.29 is 27.4 Å². The molecule has 10 heteroatoms. The Balaban J connectivity index is 2.02. The number of sulfone groups is 1. The van der Waals surface area contributed by atoms with Gasteiger partial charge in [0.05, 0.1) is 42.4 Å². The smallest absolute Gasteiger partial charge is 0.252 e. The number of rotatable bonds is 8. The molecular weight excluding hydrogens is 440 g/mol. The number of thiazole rings is 1. The van der Waals surface area contributed by atoms with Crippen LogP contribution in [0, 0.1) is 0 Å². The highest BCUT2D eigenvalue weighted by Crippen LogP contribution is 2.25. The standard InChI is InChI=1S/C21H24N2O6S2/c1-27-10-9-23-17-8-7-16(31(4,25)26)13-19(17)30-21(23)22-20(24)11-14-5-6-15(28-2)12-18(14)29-3/h5-8,12-13H,9-11H2,1-4H3. The molecule has 0 fully saturated rings. The molecule has 0 aliphatic rings. The van der Waals surface area contributed by atoms with Gasteiger partial charge in [0.25, 0.3) is 5.91 Å². The van der Waals surface area contributed by atoms with E-state index in [9.17, 15) is 13.2 Å². The molecule has 0 atom stereocenters. The average molecular weight is 465 g/mol. The number of ether oxygens (including phenoxy) is 3. The van der Waals surface area contributed by atoms with Crippen LogP contribution in [0.15, 0.2) is 46.3 Å². The van der Waals surface area contributed by atoms with Crippen LogP contribution in [0.5, 0.6) is 11.5 Å². The van der Waals surface area contributed by atoms with Crippen LogP contribution in [0.25, 0.3) is 10.2 Å². The van der Waals surface area contributed by atoms with Gasteiger partial charge < -0.3 is 18.8 Å². The zero-order valence-electron chi connectivity index (χ0n) is 17.7. The van der Waals surface area contributed by atoms with E-state index >= 15 is 0 Å². The van der Waals surface area contributed by atoms with Crippen molar-refractivity contribution in [3.8, 4) is 11.5 Å². The number of hydrogen-bond donors (Lipinski definition) is 0. The van der Waals surface area contributed by atoms with Gasteiger partial charge in [-0.25, -0.2) is 8.42 Å². The average Bonchev–Trinajstić information content (AvgIpc) is 3.07. The van der Waals surface area contributed by atoms with E-state index in [0.717, 1.165) is 16.5 Å². The molecule has 0 radical (unpaired) electrons. The van der Waals surface area contributed by atoms with E-state index in [2.05, 4.69) is 4.99 Å². The summed E-state index contributed by atoms with van der Waals surface area (Å²) < 4.78 is 42.1. The summed E-state index contributed by atoms with van der Waals surface area (Å²) in [6.45, 7) is 0.903. The number of hydrogen-bond acceptors (Lipinski definition) is 7. The minimum atomic E-state index is -3.34. The van der Waals surface area contributed by atoms with Crippen molar-refractivity contribution in [1.29, 1.82) is 0 Å². The molecule has 8 nitrogen and oxygen atoms in total. The molecule has 0 bridgehead atoms. The van der Waals surface area contributed by atoms with E-state index < -0.39 is 9.84 Å². The zero-order valence-corrected chi connectivity index (χ0v) is 19.4. The Morgan fingerprint density at radius 2 is 1.87 bits per heavy atom. The van der Waals surface area contributed by atoms with Crippen LogP contribution in [0.2, 0.25) is 0 Å². The molecule has 31 heavy (non-hydrogen) atoms. The summed E-state index contributed by atoms with van der Waals surface area (Å²) in [5.41, 5.74) is 1.49. The lowest BCUT2D eigenvalue weighted by molar-refractivity contribution is -0.117. The molecule has 166 valence electrons. The Morgan fingerprint density at radius 1 is 1.10 bits per heavy atom. The SMILES string of the molecule is COCCn1c(=NC(=O)Cc2ccc(OC)cc2OC)sc2cc(S(C)(=O)=O)ccc21. The molecule has 0 aliphatic heterocycles. The van der Waals surface area contributed by atoms with Crippen LogP contribution in [0.3, 0.4) is 0 Å². The number of carbonyl (C=O) groups is 1. The Hall–Kier alpha value is -2.69. The number of aromatic nitrogens is 1. The van der Waals surface area contributed by atoms with E-state index in [1.807, 2.05) is 4.57 Å². The largest absolute Gasteiger partial charge is 0.497 e. The molecule has 3 aromatic rings. The highest BCUT2D eigenvalue weighted by atomic mass is 32.2. The maximum Gasteiger partial charge on any atom is 0.252 e. The molecule has 1 heterocycles. The van der Waals surface area contributed by atoms with E-state index in [-0.39, 0.29) is 17.2 Å². The molecule has 1 amide bonds. The Morgan fingerprint density at radius 3 is 2.52 bits per heavy atom. The Bertz CT molecular complexity index is 1270. The third-order valence-electron chi connectivity index (χ3n) is 4.66. The quantitative estimate of drug-likeness (QED) is 0.508. The van der Waals surface area contributed by atoms with Gasteiger partial charge in [0.15, 0.2) is 14.6 Å². The molecular formula is C21H24N2O6S2. The van der Waals surface area contributed by atoms with Crippen molar-refractivity contribution in [3.63, 3.8) is 0 Å². The number of nitrogens with zero attached hydrogens (tertiary/aromatic N) is 2. The normalized spacial score (nSPS) is 12.3. The Kier molecular flexibility index (Phi) is 7.14. The predicted octanol–water partition coefficient (Wildman–Crippen LogP) is 2.44. The van der Waals surface area contributed by atoms with Crippen molar-refractivity contribution in [1.82, 2.24) is 4.57 Å². The highest BCUT2D eigenvalue weighted by molar-refractivity contribution is 7.90. The minimum absolute atomic E-state index is 0.0558. The fraction of sp³-hybridized carbons (Fsp3) is 0.333. The van der Waals surface area contributed by atoms with Gasteiger partial charge in [0.2, 0.25) is 0 Å². The van der Waals surface area contributed by atoms with Gasteiger partial charge in [0.1, 0.15) is 11.5 Å². The van der Waals surface area contributed by atoms with Gasteiger partial charge in [-0.05, 0) is 24.3 Å². The number of benzene rings is 2. The summed E-state index contributed by atoms with van der Waals surface area (Å²) in [6, 6.07) is 10.1. The number of carbonyl (C=O) groups excluding carboxylic acids is 1. The van der Waals surface area contributed by atoms with Crippen molar-refractivity contribution >= 4 is 37.3 Å². The van der Waals surface area contributed by atoms with E-state index in [4.69, 9.17) is 14.2 Å². The fourth-order valence-electron chi connectivity index (χ4n) is 3.08. The van der Waals surface area contributed by atoms with Gasteiger partial charge in [0, 0.05) is 31.5 Å². The number of amides is 1. The molecule has 0 N–H and O–H groups in total. The molecule has 0 aliphatic carbocycles. The van der Waals surface area contributed by atoms with Gasteiger partial charge >= 0.3 is 0 Å². The predicted molar refractivity (Wildman–Crippen MR) is 119 cm³/mol. The van der Waals surface area contributed by atoms with Gasteiger partial charge in [-0.15, -0.1) is 0 Å². The van der Waals surface area contributed by atoms with Crippen molar-refractivity contribution in [3.05, 3.63) is 46.8 Å². The Labute approximate surface area is 184 Å². The first-order chi connectivity index (χ1) is 14.8. The van der Waals surface area contributed by atoms with Crippen LogP contribution in [-0.2, 0) is 32.3 Å². The monoisotopic (exact) mass is 464 g/mol. The van der Waals surface area contributed by atoms with Crippen molar-refractivity contribution in [2.75, 3.05) is 34.2 Å². The third kappa shape index (κ3) is 5.33. The molecule has 1 aromatic heterocycles. The van der Waals surface area contributed by atoms with Crippen LogP contribution in [-0.4, -0.2) is 53.1 Å². The summed E-state index contributed by atoms with van der Waals surface area (Å²) in [7, 11) is 1.34. The summed E-state index contributed by atoms with van der Waals surface area (Å²) in [5, 5.41) is 0. The maximum absolute atomic E-state index is 12.7. The molecule has 3 rings (SSSR count). The summed E-state index contributed by atoms with van der Waals surface area (Å²) in [4.78, 5) is 17.8. The lowest BCUT2D eigenvalue weighted by Crippen LogP contribution is -2.19. The lowest BCUT2D eigenvalue weighted by Gasteiger charge is -2.09. The van der Waals surface area contributed by atoms with E-state index in [1.54, 1.807) is 50.6 Å². The molecule has 2 aromatic carbocycles. The van der Waals surface area contributed by atoms with Gasteiger partial charge in [-0.1, -0.05) is 17.4 Å². The van der Waals surface area contributed by atoms with Gasteiger partial charge in [-0.2, -0.15) is 4.99 Å². The minimum Gasteiger partial charge on any atom is -0.497 e. The van der Waals surface area contributed by atoms with Crippen LogP contribution in [0.1, 0.15) is 5.56 Å². The van der Waals surface area contributed by atoms with Crippen LogP contribution in [0.4, 0.5) is 0 Å². The fourth-order valence-corrected chi connectivity index (χ4v) is 4.91.